The normalized spacial score (nSPS) is 10.0. The van der Waals surface area contributed by atoms with Gasteiger partial charge in [0.1, 0.15) is 0 Å². The molecule has 0 bridgehead atoms. The molecule has 0 radical (unpaired) electrons. The molecular formula is C17H20N2. The summed E-state index contributed by atoms with van der Waals surface area (Å²) in [5.74, 6) is 0. The van der Waals surface area contributed by atoms with Crippen LogP contribution < -0.4 is 5.73 Å². The first-order valence-corrected chi connectivity index (χ1v) is 6.58. The second-order valence-electron chi connectivity index (χ2n) is 4.55. The second kappa shape index (κ2) is 6.76. The van der Waals surface area contributed by atoms with Gasteiger partial charge in [0, 0.05) is 17.1 Å². The maximum absolute atomic E-state index is 5.50. The van der Waals surface area contributed by atoms with Gasteiger partial charge in [-0.3, -0.25) is 0 Å². The van der Waals surface area contributed by atoms with E-state index in [1.165, 1.54) is 22.0 Å². The van der Waals surface area contributed by atoms with Crippen molar-refractivity contribution in [2.75, 3.05) is 6.54 Å². The SMILES string of the molecule is Cc1ccccc1.NCCc1c[nH]c2ccccc12. The predicted molar refractivity (Wildman–Crippen MR) is 82.2 cm³/mol. The lowest BCUT2D eigenvalue weighted by Gasteiger charge is -1.93. The standard InChI is InChI=1S/C10H12N2.C7H8/c11-6-5-8-7-12-10-4-2-1-3-9(8)10;1-7-5-3-2-4-6-7/h1-4,7,12H,5-6,11H2;2-6H,1H3. The van der Waals surface area contributed by atoms with Gasteiger partial charge in [-0.2, -0.15) is 0 Å². The minimum atomic E-state index is 0.710. The van der Waals surface area contributed by atoms with Gasteiger partial charge in [0.2, 0.25) is 0 Å². The van der Waals surface area contributed by atoms with Gasteiger partial charge in [-0.05, 0) is 31.5 Å². The fourth-order valence-corrected chi connectivity index (χ4v) is 2.03. The first-order chi connectivity index (χ1) is 9.31. The van der Waals surface area contributed by atoms with Gasteiger partial charge >= 0.3 is 0 Å². The largest absolute Gasteiger partial charge is 0.361 e. The van der Waals surface area contributed by atoms with E-state index in [2.05, 4.69) is 42.2 Å². The maximum Gasteiger partial charge on any atom is 0.0456 e. The van der Waals surface area contributed by atoms with Gasteiger partial charge in [0.05, 0.1) is 0 Å². The predicted octanol–water partition coefficient (Wildman–Crippen LogP) is 3.66. The Balaban J connectivity index is 0.000000163. The van der Waals surface area contributed by atoms with Crippen LogP contribution in [0.2, 0.25) is 0 Å². The monoisotopic (exact) mass is 252 g/mol. The Labute approximate surface area is 114 Å². The van der Waals surface area contributed by atoms with Gasteiger partial charge in [0.15, 0.2) is 0 Å². The van der Waals surface area contributed by atoms with Crippen LogP contribution in [0.5, 0.6) is 0 Å². The molecule has 98 valence electrons. The number of H-pyrrole nitrogens is 1. The fraction of sp³-hybridized carbons (Fsp3) is 0.176. The van der Waals surface area contributed by atoms with Crippen molar-refractivity contribution in [2.45, 2.75) is 13.3 Å². The first kappa shape index (κ1) is 13.4. The van der Waals surface area contributed by atoms with Gasteiger partial charge in [-0.15, -0.1) is 0 Å². The summed E-state index contributed by atoms with van der Waals surface area (Å²) in [6, 6.07) is 18.5. The fourth-order valence-electron chi connectivity index (χ4n) is 2.03. The summed E-state index contributed by atoms with van der Waals surface area (Å²) in [5, 5.41) is 1.29. The highest BCUT2D eigenvalue weighted by atomic mass is 14.7. The molecule has 1 heterocycles. The summed E-state index contributed by atoms with van der Waals surface area (Å²) < 4.78 is 0. The van der Waals surface area contributed by atoms with E-state index in [0.717, 1.165) is 6.42 Å². The van der Waals surface area contributed by atoms with E-state index >= 15 is 0 Å². The molecule has 1 aromatic heterocycles. The number of aryl methyl sites for hydroxylation is 1. The van der Waals surface area contributed by atoms with Crippen molar-refractivity contribution in [1.29, 1.82) is 0 Å². The Hall–Kier alpha value is -2.06. The number of aromatic nitrogens is 1. The average Bonchev–Trinajstić information content (AvgIpc) is 2.85. The van der Waals surface area contributed by atoms with Crippen molar-refractivity contribution in [3.63, 3.8) is 0 Å². The van der Waals surface area contributed by atoms with E-state index in [4.69, 9.17) is 5.73 Å². The minimum Gasteiger partial charge on any atom is -0.361 e. The smallest absolute Gasteiger partial charge is 0.0456 e. The maximum atomic E-state index is 5.50. The van der Waals surface area contributed by atoms with Crippen LogP contribution in [0.25, 0.3) is 10.9 Å². The Morgan fingerprint density at radius 2 is 1.63 bits per heavy atom. The summed E-state index contributed by atoms with van der Waals surface area (Å²) >= 11 is 0. The van der Waals surface area contributed by atoms with Crippen molar-refractivity contribution in [3.05, 3.63) is 71.9 Å². The van der Waals surface area contributed by atoms with Crippen LogP contribution in [0.15, 0.2) is 60.8 Å². The van der Waals surface area contributed by atoms with Gasteiger partial charge in [-0.25, -0.2) is 0 Å². The number of aromatic amines is 1. The Kier molecular flexibility index (Phi) is 4.76. The Morgan fingerprint density at radius 1 is 0.947 bits per heavy atom. The van der Waals surface area contributed by atoms with Crippen LogP contribution in [-0.2, 0) is 6.42 Å². The zero-order valence-corrected chi connectivity index (χ0v) is 11.3. The number of hydrogen-bond donors (Lipinski definition) is 2. The lowest BCUT2D eigenvalue weighted by Crippen LogP contribution is -2.01. The van der Waals surface area contributed by atoms with E-state index in [-0.39, 0.29) is 0 Å². The number of nitrogens with one attached hydrogen (secondary N) is 1. The van der Waals surface area contributed by atoms with Gasteiger partial charge in [0.25, 0.3) is 0 Å². The van der Waals surface area contributed by atoms with Crippen LogP contribution in [0.4, 0.5) is 0 Å². The van der Waals surface area contributed by atoms with Crippen LogP contribution in [0.1, 0.15) is 11.1 Å². The molecule has 0 saturated carbocycles. The lowest BCUT2D eigenvalue weighted by molar-refractivity contribution is 0.976. The van der Waals surface area contributed by atoms with Crippen molar-refractivity contribution in [1.82, 2.24) is 4.98 Å². The molecule has 2 heteroatoms. The highest BCUT2D eigenvalue weighted by Gasteiger charge is 1.99. The molecule has 3 N–H and O–H groups in total. The number of nitrogens with two attached hydrogens (primary N) is 1. The third kappa shape index (κ3) is 3.70. The van der Waals surface area contributed by atoms with E-state index in [1.54, 1.807) is 0 Å². The molecule has 2 aromatic carbocycles. The Bertz CT molecular complexity index is 611. The molecule has 0 spiro atoms. The molecule has 0 fully saturated rings. The van der Waals surface area contributed by atoms with Crippen LogP contribution in [0, 0.1) is 6.92 Å². The number of rotatable bonds is 2. The Morgan fingerprint density at radius 3 is 2.26 bits per heavy atom. The average molecular weight is 252 g/mol. The zero-order valence-electron chi connectivity index (χ0n) is 11.3. The molecule has 0 aliphatic carbocycles. The number of para-hydroxylation sites is 1. The third-order valence-corrected chi connectivity index (χ3v) is 3.03. The van der Waals surface area contributed by atoms with Crippen molar-refractivity contribution < 1.29 is 0 Å². The van der Waals surface area contributed by atoms with E-state index in [0.29, 0.717) is 6.54 Å². The summed E-state index contributed by atoms with van der Waals surface area (Å²) in [6.07, 6.45) is 2.99. The molecule has 3 aromatic rings. The van der Waals surface area contributed by atoms with Crippen LogP contribution in [-0.4, -0.2) is 11.5 Å². The zero-order chi connectivity index (χ0) is 13.5. The molecule has 3 rings (SSSR count). The molecule has 19 heavy (non-hydrogen) atoms. The first-order valence-electron chi connectivity index (χ1n) is 6.58. The summed E-state index contributed by atoms with van der Waals surface area (Å²) in [7, 11) is 0. The third-order valence-electron chi connectivity index (χ3n) is 3.03. The summed E-state index contributed by atoms with van der Waals surface area (Å²) in [5.41, 5.74) is 9.33. The van der Waals surface area contributed by atoms with Gasteiger partial charge < -0.3 is 10.7 Å². The van der Waals surface area contributed by atoms with Crippen molar-refractivity contribution in [2.24, 2.45) is 5.73 Å². The molecule has 2 nitrogen and oxygen atoms in total. The highest BCUT2D eigenvalue weighted by Crippen LogP contribution is 2.17. The van der Waals surface area contributed by atoms with Crippen LogP contribution in [0.3, 0.4) is 0 Å². The van der Waals surface area contributed by atoms with Crippen LogP contribution >= 0.6 is 0 Å². The highest BCUT2D eigenvalue weighted by molar-refractivity contribution is 5.82. The molecule has 0 unspecified atom stereocenters. The lowest BCUT2D eigenvalue weighted by atomic mass is 10.1. The number of hydrogen-bond acceptors (Lipinski definition) is 1. The molecule has 0 aliphatic rings. The summed E-state index contributed by atoms with van der Waals surface area (Å²) in [6.45, 7) is 2.79. The van der Waals surface area contributed by atoms with Crippen molar-refractivity contribution in [3.8, 4) is 0 Å². The van der Waals surface area contributed by atoms with E-state index in [1.807, 2.05) is 30.5 Å². The minimum absolute atomic E-state index is 0.710. The molecule has 0 saturated heterocycles. The quantitative estimate of drug-likeness (QED) is 0.718. The van der Waals surface area contributed by atoms with Gasteiger partial charge in [-0.1, -0.05) is 54.1 Å². The number of benzene rings is 2. The van der Waals surface area contributed by atoms with E-state index < -0.39 is 0 Å². The second-order valence-corrected chi connectivity index (χ2v) is 4.55. The number of fused-ring (bicyclic) bond motifs is 1. The molecule has 0 amide bonds. The molecular weight excluding hydrogens is 232 g/mol. The molecule has 0 aliphatic heterocycles. The topological polar surface area (TPSA) is 41.8 Å². The molecule has 0 atom stereocenters. The van der Waals surface area contributed by atoms with Crippen molar-refractivity contribution >= 4 is 10.9 Å². The summed E-state index contributed by atoms with van der Waals surface area (Å²) in [4.78, 5) is 3.22. The van der Waals surface area contributed by atoms with E-state index in [9.17, 15) is 0 Å².